The third-order valence-electron chi connectivity index (χ3n) is 3.99. The van der Waals surface area contributed by atoms with E-state index in [0.29, 0.717) is 11.3 Å². The molecule has 1 aliphatic heterocycles. The zero-order valence-corrected chi connectivity index (χ0v) is 12.7. The molecule has 5 heteroatoms. The van der Waals surface area contributed by atoms with E-state index in [1.165, 1.54) is 12.1 Å². The quantitative estimate of drug-likeness (QED) is 0.923. The van der Waals surface area contributed by atoms with Crippen molar-refractivity contribution in [3.05, 3.63) is 65.5 Å². The maximum absolute atomic E-state index is 12.9. The minimum Gasteiger partial charge on any atom is -0.489 e. The van der Waals surface area contributed by atoms with Gasteiger partial charge in [0.05, 0.1) is 0 Å². The highest BCUT2D eigenvalue weighted by Gasteiger charge is 2.24. The van der Waals surface area contributed by atoms with Crippen LogP contribution in [-0.2, 0) is 6.54 Å². The van der Waals surface area contributed by atoms with Crippen LogP contribution in [0, 0.1) is 5.82 Å². The number of carbonyl (C=O) groups excluding carboxylic acids is 1. The van der Waals surface area contributed by atoms with Crippen LogP contribution >= 0.6 is 0 Å². The summed E-state index contributed by atoms with van der Waals surface area (Å²) in [6.45, 7) is 2.58. The number of ether oxygens (including phenoxy) is 1. The molecule has 2 aromatic carbocycles. The molecular weight excluding hydrogens is 295 g/mol. The van der Waals surface area contributed by atoms with Crippen molar-refractivity contribution >= 4 is 5.91 Å². The van der Waals surface area contributed by atoms with E-state index in [0.717, 1.165) is 31.6 Å². The first-order valence-corrected chi connectivity index (χ1v) is 7.63. The van der Waals surface area contributed by atoms with Crippen molar-refractivity contribution in [2.45, 2.75) is 19.1 Å². The average Bonchev–Trinajstić information content (AvgIpc) is 2.97. The Balaban J connectivity index is 1.53. The van der Waals surface area contributed by atoms with Crippen LogP contribution in [0.4, 0.5) is 4.39 Å². The molecule has 0 radical (unpaired) electrons. The summed E-state index contributed by atoms with van der Waals surface area (Å²) in [7, 11) is 0. The molecule has 0 bridgehead atoms. The largest absolute Gasteiger partial charge is 0.489 e. The Labute approximate surface area is 134 Å². The summed E-state index contributed by atoms with van der Waals surface area (Å²) in [6, 6.07) is 13.5. The SMILES string of the molecule is NC(=O)c1ccc(CN2CCC(Oc3ccc(F)cc3)C2)cc1. The lowest BCUT2D eigenvalue weighted by Gasteiger charge is -2.17. The monoisotopic (exact) mass is 314 g/mol. The Morgan fingerprint density at radius 2 is 1.87 bits per heavy atom. The van der Waals surface area contributed by atoms with Crippen molar-refractivity contribution in [1.29, 1.82) is 0 Å². The van der Waals surface area contributed by atoms with Crippen molar-refractivity contribution in [1.82, 2.24) is 4.90 Å². The maximum Gasteiger partial charge on any atom is 0.248 e. The van der Waals surface area contributed by atoms with Crippen LogP contribution in [0.25, 0.3) is 0 Å². The Bertz CT molecular complexity index is 670. The van der Waals surface area contributed by atoms with Gasteiger partial charge in [-0.05, 0) is 48.4 Å². The third-order valence-corrected chi connectivity index (χ3v) is 3.99. The minimum atomic E-state index is -0.412. The number of nitrogens with zero attached hydrogens (tertiary/aromatic N) is 1. The number of carbonyl (C=O) groups is 1. The second-order valence-corrected chi connectivity index (χ2v) is 5.78. The molecule has 4 nitrogen and oxygen atoms in total. The molecule has 0 spiro atoms. The number of hydrogen-bond acceptors (Lipinski definition) is 3. The van der Waals surface area contributed by atoms with Gasteiger partial charge >= 0.3 is 0 Å². The Hall–Kier alpha value is -2.40. The van der Waals surface area contributed by atoms with Gasteiger partial charge in [0.25, 0.3) is 0 Å². The van der Waals surface area contributed by atoms with E-state index in [2.05, 4.69) is 4.90 Å². The van der Waals surface area contributed by atoms with Crippen molar-refractivity contribution in [3.8, 4) is 5.75 Å². The summed E-state index contributed by atoms with van der Waals surface area (Å²) < 4.78 is 18.8. The molecule has 2 N–H and O–H groups in total. The average molecular weight is 314 g/mol. The summed E-state index contributed by atoms with van der Waals surface area (Å²) in [5.74, 6) is 0.0272. The van der Waals surface area contributed by atoms with Crippen molar-refractivity contribution < 1.29 is 13.9 Å². The summed E-state index contributed by atoms with van der Waals surface area (Å²) >= 11 is 0. The Kier molecular flexibility index (Phi) is 4.57. The molecule has 1 atom stereocenters. The summed E-state index contributed by atoms with van der Waals surface area (Å²) in [4.78, 5) is 13.4. The van der Waals surface area contributed by atoms with Crippen molar-refractivity contribution in [2.75, 3.05) is 13.1 Å². The Morgan fingerprint density at radius 3 is 2.52 bits per heavy atom. The molecule has 0 aliphatic carbocycles. The maximum atomic E-state index is 12.9. The van der Waals surface area contributed by atoms with E-state index in [1.807, 2.05) is 12.1 Å². The van der Waals surface area contributed by atoms with Crippen molar-refractivity contribution in [2.24, 2.45) is 5.73 Å². The normalized spacial score (nSPS) is 18.0. The van der Waals surface area contributed by atoms with Gasteiger partial charge in [0.1, 0.15) is 17.7 Å². The Morgan fingerprint density at radius 1 is 1.17 bits per heavy atom. The van der Waals surface area contributed by atoms with Gasteiger partial charge in [-0.25, -0.2) is 4.39 Å². The predicted molar refractivity (Wildman–Crippen MR) is 85.7 cm³/mol. The summed E-state index contributed by atoms with van der Waals surface area (Å²) in [5.41, 5.74) is 6.90. The fourth-order valence-corrected chi connectivity index (χ4v) is 2.78. The first kappa shape index (κ1) is 15.5. The van der Waals surface area contributed by atoms with Crippen LogP contribution < -0.4 is 10.5 Å². The topological polar surface area (TPSA) is 55.6 Å². The molecule has 1 unspecified atom stereocenters. The van der Waals surface area contributed by atoms with E-state index in [9.17, 15) is 9.18 Å². The van der Waals surface area contributed by atoms with Gasteiger partial charge in [-0.15, -0.1) is 0 Å². The first-order chi connectivity index (χ1) is 11.1. The highest BCUT2D eigenvalue weighted by molar-refractivity contribution is 5.92. The van der Waals surface area contributed by atoms with E-state index < -0.39 is 5.91 Å². The van der Waals surface area contributed by atoms with E-state index in [1.54, 1.807) is 24.3 Å². The second-order valence-electron chi connectivity index (χ2n) is 5.78. The molecule has 23 heavy (non-hydrogen) atoms. The van der Waals surface area contributed by atoms with Gasteiger partial charge in [0.2, 0.25) is 5.91 Å². The van der Waals surface area contributed by atoms with Gasteiger partial charge in [0, 0.05) is 25.2 Å². The van der Waals surface area contributed by atoms with Gasteiger partial charge in [-0.2, -0.15) is 0 Å². The van der Waals surface area contributed by atoms with E-state index in [4.69, 9.17) is 10.5 Å². The van der Waals surface area contributed by atoms with Gasteiger partial charge in [0.15, 0.2) is 0 Å². The lowest BCUT2D eigenvalue weighted by Crippen LogP contribution is -2.24. The number of nitrogens with two attached hydrogens (primary N) is 1. The molecular formula is C18H19FN2O2. The fourth-order valence-electron chi connectivity index (χ4n) is 2.78. The van der Waals surface area contributed by atoms with Crippen LogP contribution in [-0.4, -0.2) is 30.0 Å². The molecule has 3 rings (SSSR count). The van der Waals surface area contributed by atoms with Crippen molar-refractivity contribution in [3.63, 3.8) is 0 Å². The molecule has 1 fully saturated rings. The molecule has 0 aromatic heterocycles. The molecule has 120 valence electrons. The first-order valence-electron chi connectivity index (χ1n) is 7.63. The number of primary amides is 1. The van der Waals surface area contributed by atoms with Gasteiger partial charge in [-0.3, -0.25) is 9.69 Å². The van der Waals surface area contributed by atoms with Crippen LogP contribution in [0.1, 0.15) is 22.3 Å². The standard InChI is InChI=1S/C18H19FN2O2/c19-15-5-7-16(8-6-15)23-17-9-10-21(12-17)11-13-1-3-14(4-2-13)18(20)22/h1-8,17H,9-12H2,(H2,20,22). The van der Waals surface area contributed by atoms with Crippen LogP contribution in [0.5, 0.6) is 5.75 Å². The lowest BCUT2D eigenvalue weighted by atomic mass is 10.1. The lowest BCUT2D eigenvalue weighted by molar-refractivity contribution is 0.100. The van der Waals surface area contributed by atoms with Gasteiger partial charge < -0.3 is 10.5 Å². The molecule has 1 aliphatic rings. The predicted octanol–water partition coefficient (Wildman–Crippen LogP) is 2.58. The number of hydrogen-bond donors (Lipinski definition) is 1. The zero-order valence-electron chi connectivity index (χ0n) is 12.7. The molecule has 2 aromatic rings. The smallest absolute Gasteiger partial charge is 0.248 e. The number of benzene rings is 2. The highest BCUT2D eigenvalue weighted by atomic mass is 19.1. The number of rotatable bonds is 5. The second kappa shape index (κ2) is 6.79. The molecule has 1 saturated heterocycles. The summed E-state index contributed by atoms with van der Waals surface area (Å²) in [5, 5.41) is 0. The fraction of sp³-hybridized carbons (Fsp3) is 0.278. The molecule has 1 heterocycles. The number of likely N-dealkylation sites (tertiary alicyclic amines) is 1. The van der Waals surface area contributed by atoms with Gasteiger partial charge in [-0.1, -0.05) is 12.1 Å². The van der Waals surface area contributed by atoms with Crippen LogP contribution in [0.3, 0.4) is 0 Å². The number of halogens is 1. The highest BCUT2D eigenvalue weighted by Crippen LogP contribution is 2.20. The van der Waals surface area contributed by atoms with Crippen LogP contribution in [0.2, 0.25) is 0 Å². The van der Waals surface area contributed by atoms with Crippen LogP contribution in [0.15, 0.2) is 48.5 Å². The van der Waals surface area contributed by atoms with E-state index >= 15 is 0 Å². The molecule has 1 amide bonds. The zero-order chi connectivity index (χ0) is 16.2. The number of amides is 1. The molecule has 0 saturated carbocycles. The minimum absolute atomic E-state index is 0.116. The summed E-state index contributed by atoms with van der Waals surface area (Å²) in [6.07, 6.45) is 1.06. The third kappa shape index (κ3) is 4.07. The van der Waals surface area contributed by atoms with E-state index in [-0.39, 0.29) is 11.9 Å².